The summed E-state index contributed by atoms with van der Waals surface area (Å²) in [6.07, 6.45) is 0. The second-order valence-electron chi connectivity index (χ2n) is 12.4. The molecule has 1 aromatic heterocycles. The summed E-state index contributed by atoms with van der Waals surface area (Å²) in [5, 5.41) is 7.02. The first-order valence-corrected chi connectivity index (χ1v) is 14.6. The normalized spacial score (nSPS) is 16.2. The van der Waals surface area contributed by atoms with Gasteiger partial charge in [0.05, 0.1) is 11.2 Å². The van der Waals surface area contributed by atoms with Crippen LogP contribution in [-0.2, 0) is 9.31 Å². The molecule has 0 unspecified atom stereocenters. The summed E-state index contributed by atoms with van der Waals surface area (Å²) in [6, 6.07) is 41.0. The fourth-order valence-corrected chi connectivity index (χ4v) is 6.25. The molecule has 4 heteroatoms. The Kier molecular flexibility index (Phi) is 5.47. The smallest absolute Gasteiger partial charge is 0.456 e. The van der Waals surface area contributed by atoms with Crippen LogP contribution in [0.1, 0.15) is 27.7 Å². The zero-order valence-corrected chi connectivity index (χ0v) is 24.3. The Balaban J connectivity index is 1.21. The van der Waals surface area contributed by atoms with Gasteiger partial charge in [-0.15, -0.1) is 0 Å². The fraction of sp³-hybridized carbons (Fsp3) is 0.158. The molecular weight excluding hydrogens is 515 g/mol. The first-order valence-electron chi connectivity index (χ1n) is 14.6. The van der Waals surface area contributed by atoms with E-state index in [1.54, 1.807) is 0 Å². The average molecular weight is 546 g/mol. The van der Waals surface area contributed by atoms with Gasteiger partial charge < -0.3 is 13.7 Å². The van der Waals surface area contributed by atoms with Crippen LogP contribution < -0.4 is 5.46 Å². The largest absolute Gasteiger partial charge is 0.496 e. The molecule has 1 fully saturated rings. The van der Waals surface area contributed by atoms with Crippen LogP contribution in [-0.4, -0.2) is 18.3 Å². The maximum Gasteiger partial charge on any atom is 0.496 e. The van der Waals surface area contributed by atoms with Crippen molar-refractivity contribution in [2.75, 3.05) is 0 Å². The van der Waals surface area contributed by atoms with Crippen LogP contribution in [0, 0.1) is 0 Å². The van der Waals surface area contributed by atoms with Crippen LogP contribution in [0.5, 0.6) is 0 Å². The molecule has 0 aliphatic carbocycles. The number of benzene rings is 6. The Morgan fingerprint density at radius 1 is 0.476 bits per heavy atom. The Morgan fingerprint density at radius 3 is 1.81 bits per heavy atom. The molecule has 0 radical (unpaired) electrons. The molecule has 6 aromatic carbocycles. The highest BCUT2D eigenvalue weighted by molar-refractivity contribution is 6.67. The molecule has 0 saturated carbocycles. The van der Waals surface area contributed by atoms with Gasteiger partial charge in [-0.3, -0.25) is 0 Å². The standard InChI is InChI=1S/C38H31BO3/c1-37(2)38(3,4)42-39(41-37)36-30-12-8-7-9-25(30)17-19-31(36)26-15-13-24(14-16-26)29-18-20-34-32(22-29)33-21-27-10-5-6-11-28(27)23-35(33)40-34/h5-23H,1-4H3. The minimum absolute atomic E-state index is 0.419. The van der Waals surface area contributed by atoms with Crippen LogP contribution in [0.15, 0.2) is 120 Å². The molecule has 1 aliphatic heterocycles. The summed E-state index contributed by atoms with van der Waals surface area (Å²) >= 11 is 0. The van der Waals surface area contributed by atoms with Gasteiger partial charge in [0.15, 0.2) is 0 Å². The molecule has 204 valence electrons. The molecule has 0 spiro atoms. The summed E-state index contributed by atoms with van der Waals surface area (Å²) in [5.74, 6) is 0. The van der Waals surface area contributed by atoms with E-state index in [9.17, 15) is 0 Å². The van der Waals surface area contributed by atoms with Gasteiger partial charge in [-0.1, -0.05) is 91.0 Å². The molecule has 3 nitrogen and oxygen atoms in total. The first-order chi connectivity index (χ1) is 20.3. The zero-order chi connectivity index (χ0) is 28.6. The van der Waals surface area contributed by atoms with E-state index in [4.69, 9.17) is 13.7 Å². The predicted octanol–water partition coefficient (Wildman–Crippen LogP) is 9.53. The van der Waals surface area contributed by atoms with Crippen LogP contribution in [0.3, 0.4) is 0 Å². The third-order valence-electron chi connectivity index (χ3n) is 9.33. The topological polar surface area (TPSA) is 31.6 Å². The molecule has 2 heterocycles. The SMILES string of the molecule is CC1(C)OB(c2c(-c3ccc(-c4ccc5oc6cc7ccccc7cc6c5c4)cc3)ccc3ccccc23)OC1(C)C. The van der Waals surface area contributed by atoms with Gasteiger partial charge in [0.1, 0.15) is 11.2 Å². The van der Waals surface area contributed by atoms with Crippen molar-refractivity contribution < 1.29 is 13.7 Å². The maximum atomic E-state index is 6.58. The second kappa shape index (κ2) is 9.06. The molecule has 0 N–H and O–H groups in total. The van der Waals surface area contributed by atoms with Gasteiger partial charge in [0, 0.05) is 10.8 Å². The highest BCUT2D eigenvalue weighted by atomic mass is 16.7. The lowest BCUT2D eigenvalue weighted by Crippen LogP contribution is -2.41. The summed E-state index contributed by atoms with van der Waals surface area (Å²) in [7, 11) is -0.455. The molecule has 1 saturated heterocycles. The highest BCUT2D eigenvalue weighted by Crippen LogP contribution is 2.39. The lowest BCUT2D eigenvalue weighted by Gasteiger charge is -2.32. The molecular formula is C38H31BO3. The molecule has 0 atom stereocenters. The Bertz CT molecular complexity index is 2140. The summed E-state index contributed by atoms with van der Waals surface area (Å²) in [5.41, 5.74) is 6.65. The Morgan fingerprint density at radius 2 is 1.07 bits per heavy atom. The second-order valence-corrected chi connectivity index (χ2v) is 12.4. The highest BCUT2D eigenvalue weighted by Gasteiger charge is 2.52. The van der Waals surface area contributed by atoms with E-state index in [2.05, 4.69) is 143 Å². The van der Waals surface area contributed by atoms with E-state index in [0.29, 0.717) is 0 Å². The molecule has 1 aliphatic rings. The third kappa shape index (κ3) is 3.90. The minimum Gasteiger partial charge on any atom is -0.456 e. The van der Waals surface area contributed by atoms with E-state index in [-0.39, 0.29) is 0 Å². The molecule has 0 bridgehead atoms. The predicted molar refractivity (Wildman–Crippen MR) is 175 cm³/mol. The zero-order valence-electron chi connectivity index (χ0n) is 24.3. The quantitative estimate of drug-likeness (QED) is 0.207. The minimum atomic E-state index is -0.455. The van der Waals surface area contributed by atoms with Crippen molar-refractivity contribution in [3.63, 3.8) is 0 Å². The monoisotopic (exact) mass is 546 g/mol. The van der Waals surface area contributed by atoms with Crippen molar-refractivity contribution in [3.05, 3.63) is 115 Å². The summed E-state index contributed by atoms with van der Waals surface area (Å²) < 4.78 is 19.4. The maximum absolute atomic E-state index is 6.58. The van der Waals surface area contributed by atoms with E-state index in [1.807, 2.05) is 0 Å². The van der Waals surface area contributed by atoms with E-state index in [1.165, 1.54) is 16.2 Å². The number of furan rings is 1. The Labute approximate surface area is 245 Å². The average Bonchev–Trinajstić information content (AvgIpc) is 3.46. The van der Waals surface area contributed by atoms with Crippen molar-refractivity contribution >= 4 is 56.1 Å². The lowest BCUT2D eigenvalue weighted by atomic mass is 9.71. The number of hydrogen-bond acceptors (Lipinski definition) is 3. The summed E-state index contributed by atoms with van der Waals surface area (Å²) in [4.78, 5) is 0. The van der Waals surface area contributed by atoms with Crippen molar-refractivity contribution in [3.8, 4) is 22.3 Å². The van der Waals surface area contributed by atoms with Crippen molar-refractivity contribution in [1.29, 1.82) is 0 Å². The number of rotatable bonds is 3. The van der Waals surface area contributed by atoms with Crippen LogP contribution >= 0.6 is 0 Å². The van der Waals surface area contributed by atoms with Gasteiger partial charge >= 0.3 is 7.12 Å². The number of hydrogen-bond donors (Lipinski definition) is 0. The van der Waals surface area contributed by atoms with Crippen LogP contribution in [0.25, 0.3) is 65.7 Å². The van der Waals surface area contributed by atoms with Gasteiger partial charge in [0.2, 0.25) is 0 Å². The van der Waals surface area contributed by atoms with Gasteiger partial charge in [-0.25, -0.2) is 0 Å². The van der Waals surface area contributed by atoms with E-state index < -0.39 is 18.3 Å². The summed E-state index contributed by atoms with van der Waals surface area (Å²) in [6.45, 7) is 8.43. The first kappa shape index (κ1) is 25.3. The molecule has 0 amide bonds. The third-order valence-corrected chi connectivity index (χ3v) is 9.33. The van der Waals surface area contributed by atoms with E-state index >= 15 is 0 Å². The fourth-order valence-electron chi connectivity index (χ4n) is 6.25. The van der Waals surface area contributed by atoms with Gasteiger partial charge in [-0.2, -0.15) is 0 Å². The molecule has 7 aromatic rings. The Hall–Kier alpha value is -4.38. The van der Waals surface area contributed by atoms with Crippen molar-refractivity contribution in [2.24, 2.45) is 0 Å². The van der Waals surface area contributed by atoms with Gasteiger partial charge in [-0.05, 0) is 101 Å². The number of fused-ring (bicyclic) bond motifs is 5. The van der Waals surface area contributed by atoms with Crippen molar-refractivity contribution in [2.45, 2.75) is 38.9 Å². The molecule has 8 rings (SSSR count). The van der Waals surface area contributed by atoms with Gasteiger partial charge in [0.25, 0.3) is 0 Å². The molecule has 42 heavy (non-hydrogen) atoms. The van der Waals surface area contributed by atoms with Crippen molar-refractivity contribution in [1.82, 2.24) is 0 Å². The van der Waals surface area contributed by atoms with Crippen LogP contribution in [0.4, 0.5) is 0 Å². The van der Waals surface area contributed by atoms with E-state index in [0.717, 1.165) is 55.0 Å². The van der Waals surface area contributed by atoms with Crippen LogP contribution in [0.2, 0.25) is 0 Å². The lowest BCUT2D eigenvalue weighted by molar-refractivity contribution is 0.00578.